The van der Waals surface area contributed by atoms with Crippen LogP contribution >= 0.6 is 19.5 Å². The molecule has 1 aromatic rings. The fourth-order valence-electron chi connectivity index (χ4n) is 0.513. The summed E-state index contributed by atoms with van der Waals surface area (Å²) in [6, 6.07) is 2.17. The van der Waals surface area contributed by atoms with Crippen molar-refractivity contribution in [1.82, 2.24) is 0 Å². The minimum absolute atomic E-state index is 1.13. The zero-order valence-electron chi connectivity index (χ0n) is 4.72. The van der Waals surface area contributed by atoms with Gasteiger partial charge in [-0.2, -0.15) is 0 Å². The molecule has 0 radical (unpaired) electrons. The Hall–Kier alpha value is -0.130. The van der Waals surface area contributed by atoms with Crippen molar-refractivity contribution in [3.8, 4) is 0 Å². The molecule has 1 heterocycles. The van der Waals surface area contributed by atoms with Gasteiger partial charge in [-0.15, -0.1) is 11.3 Å². The van der Waals surface area contributed by atoms with E-state index in [-0.39, 0.29) is 0 Å². The molecule has 8 heavy (non-hydrogen) atoms. The van der Waals surface area contributed by atoms with Crippen LogP contribution in [0.3, 0.4) is 0 Å². The predicted octanol–water partition coefficient (Wildman–Crippen LogP) is 2.06. The molecule has 0 bridgehead atoms. The zero-order valence-corrected chi connectivity index (χ0v) is 6.43. The summed E-state index contributed by atoms with van der Waals surface area (Å²) in [6.07, 6.45) is 3.75. The van der Waals surface area contributed by atoms with Crippen LogP contribution in [-0.4, -0.2) is 6.30 Å². The molecule has 0 nitrogen and oxygen atoms in total. The second-order valence-corrected chi connectivity index (χ2v) is 3.52. The maximum absolute atomic E-state index is 3.75. The van der Waals surface area contributed by atoms with Gasteiger partial charge in [0.05, 0.1) is 0 Å². The van der Waals surface area contributed by atoms with Crippen molar-refractivity contribution >= 4 is 31.1 Å². The molecule has 0 spiro atoms. The standard InChI is InChI=1S/C6H7PS/c1-5-3-6(7-2)4-8-5/h3-4H,2H2,1H3. The molecule has 0 amide bonds. The molecule has 1 aromatic heterocycles. The topological polar surface area (TPSA) is 0 Å². The summed E-state index contributed by atoms with van der Waals surface area (Å²) in [4.78, 5) is 1.37. The Morgan fingerprint density at radius 1 is 1.75 bits per heavy atom. The molecule has 0 aliphatic carbocycles. The first-order chi connectivity index (χ1) is 3.83. The lowest BCUT2D eigenvalue weighted by Crippen LogP contribution is -1.78. The molecule has 0 aliphatic heterocycles. The highest BCUT2D eigenvalue weighted by atomic mass is 32.1. The lowest BCUT2D eigenvalue weighted by atomic mass is 10.5. The molecule has 0 aromatic carbocycles. The second kappa shape index (κ2) is 2.43. The predicted molar refractivity (Wildman–Crippen MR) is 42.7 cm³/mol. The molecule has 0 N–H and O–H groups in total. The van der Waals surface area contributed by atoms with Crippen LogP contribution in [0.5, 0.6) is 0 Å². The van der Waals surface area contributed by atoms with Crippen LogP contribution in [0, 0.1) is 6.92 Å². The second-order valence-electron chi connectivity index (χ2n) is 1.57. The first-order valence-electron chi connectivity index (χ1n) is 2.35. The average Bonchev–Trinajstić information content (AvgIpc) is 2.14. The third-order valence-corrected chi connectivity index (χ3v) is 2.56. The third kappa shape index (κ3) is 1.18. The van der Waals surface area contributed by atoms with Crippen LogP contribution in [0.15, 0.2) is 11.4 Å². The van der Waals surface area contributed by atoms with Crippen LogP contribution in [0.4, 0.5) is 0 Å². The summed E-state index contributed by atoms with van der Waals surface area (Å²) in [5.41, 5.74) is 0. The van der Waals surface area contributed by atoms with Crippen molar-refractivity contribution in [3.63, 3.8) is 0 Å². The van der Waals surface area contributed by atoms with E-state index < -0.39 is 0 Å². The molecule has 0 saturated heterocycles. The van der Waals surface area contributed by atoms with E-state index in [1.807, 2.05) is 0 Å². The van der Waals surface area contributed by atoms with Gasteiger partial charge in [0, 0.05) is 15.6 Å². The Bertz CT molecular complexity index is 190. The highest BCUT2D eigenvalue weighted by Crippen LogP contribution is 2.07. The fraction of sp³-hybridized carbons (Fsp3) is 0.167. The van der Waals surface area contributed by atoms with Crippen molar-refractivity contribution in [2.75, 3.05) is 0 Å². The van der Waals surface area contributed by atoms with Crippen LogP contribution in [0.25, 0.3) is 0 Å². The molecule has 0 fully saturated rings. The summed E-state index contributed by atoms with van der Waals surface area (Å²) < 4.78 is 0. The minimum Gasteiger partial charge on any atom is -0.148 e. The van der Waals surface area contributed by atoms with Gasteiger partial charge in [-0.1, -0.05) is 14.5 Å². The SMILES string of the molecule is C=Pc1csc(C)c1. The van der Waals surface area contributed by atoms with E-state index >= 15 is 0 Å². The van der Waals surface area contributed by atoms with Crippen LogP contribution in [0.2, 0.25) is 0 Å². The minimum atomic E-state index is 1.13. The smallest absolute Gasteiger partial charge is 0.0122 e. The van der Waals surface area contributed by atoms with Gasteiger partial charge in [0.15, 0.2) is 0 Å². The molecule has 2 heteroatoms. The van der Waals surface area contributed by atoms with E-state index in [1.54, 1.807) is 11.3 Å². The van der Waals surface area contributed by atoms with E-state index in [0.717, 1.165) is 8.20 Å². The number of aryl methyl sites for hydroxylation is 1. The fourth-order valence-corrected chi connectivity index (χ4v) is 1.91. The van der Waals surface area contributed by atoms with Crippen molar-refractivity contribution in [3.05, 3.63) is 16.3 Å². The highest BCUT2D eigenvalue weighted by molar-refractivity contribution is 7.46. The Balaban J connectivity index is 3.00. The van der Waals surface area contributed by atoms with Crippen molar-refractivity contribution in [1.29, 1.82) is 0 Å². The Labute approximate surface area is 55.0 Å². The van der Waals surface area contributed by atoms with Crippen molar-refractivity contribution < 1.29 is 0 Å². The van der Waals surface area contributed by atoms with Crippen LogP contribution in [0.1, 0.15) is 4.88 Å². The van der Waals surface area contributed by atoms with E-state index in [1.165, 1.54) is 10.2 Å². The van der Waals surface area contributed by atoms with E-state index in [0.29, 0.717) is 0 Å². The Morgan fingerprint density at radius 3 is 2.75 bits per heavy atom. The lowest BCUT2D eigenvalue weighted by Gasteiger charge is -1.73. The molecule has 0 saturated carbocycles. The Morgan fingerprint density at radius 2 is 2.50 bits per heavy atom. The van der Waals surface area contributed by atoms with Gasteiger partial charge in [0.25, 0.3) is 0 Å². The Kier molecular flexibility index (Phi) is 1.82. The number of hydrogen-bond acceptors (Lipinski definition) is 1. The third-order valence-electron chi connectivity index (χ3n) is 0.899. The number of thiophene rings is 1. The van der Waals surface area contributed by atoms with Crippen molar-refractivity contribution in [2.45, 2.75) is 6.92 Å². The summed E-state index contributed by atoms with van der Waals surface area (Å²) in [5, 5.41) is 3.47. The molecule has 0 aliphatic rings. The zero-order chi connectivity index (χ0) is 5.98. The number of hydrogen-bond donors (Lipinski definition) is 0. The number of rotatable bonds is 1. The first kappa shape index (κ1) is 6.00. The lowest BCUT2D eigenvalue weighted by molar-refractivity contribution is 1.66. The van der Waals surface area contributed by atoms with Crippen molar-refractivity contribution in [2.24, 2.45) is 0 Å². The largest absolute Gasteiger partial charge is 0.148 e. The monoisotopic (exact) mass is 142 g/mol. The average molecular weight is 142 g/mol. The molecular weight excluding hydrogens is 135 g/mol. The van der Waals surface area contributed by atoms with Gasteiger partial charge in [-0.05, 0) is 13.0 Å². The maximum Gasteiger partial charge on any atom is 0.0122 e. The van der Waals surface area contributed by atoms with E-state index in [2.05, 4.69) is 24.7 Å². The normalized spacial score (nSPS) is 10.1. The molecule has 1 rings (SSSR count). The summed E-state index contributed by atoms with van der Waals surface area (Å²) in [6.45, 7) is 2.11. The van der Waals surface area contributed by atoms with Gasteiger partial charge < -0.3 is 0 Å². The van der Waals surface area contributed by atoms with E-state index in [9.17, 15) is 0 Å². The summed E-state index contributed by atoms with van der Waals surface area (Å²) in [7, 11) is 1.13. The van der Waals surface area contributed by atoms with E-state index in [4.69, 9.17) is 0 Å². The molecule has 0 unspecified atom stereocenters. The van der Waals surface area contributed by atoms with Gasteiger partial charge in [-0.3, -0.25) is 0 Å². The summed E-state index contributed by atoms with van der Waals surface area (Å²) >= 11 is 1.78. The maximum atomic E-state index is 3.75. The highest BCUT2D eigenvalue weighted by Gasteiger charge is 1.87. The summed E-state index contributed by atoms with van der Waals surface area (Å²) in [5.74, 6) is 0. The van der Waals surface area contributed by atoms with Crippen LogP contribution in [-0.2, 0) is 0 Å². The van der Waals surface area contributed by atoms with Crippen LogP contribution < -0.4 is 5.30 Å². The van der Waals surface area contributed by atoms with Gasteiger partial charge >= 0.3 is 0 Å². The molecule has 42 valence electrons. The quantitative estimate of drug-likeness (QED) is 0.526. The van der Waals surface area contributed by atoms with Gasteiger partial charge in [0.1, 0.15) is 0 Å². The van der Waals surface area contributed by atoms with Gasteiger partial charge in [-0.25, -0.2) is 0 Å². The molecular formula is C6H7PS. The first-order valence-corrected chi connectivity index (χ1v) is 4.31. The van der Waals surface area contributed by atoms with Gasteiger partial charge in [0.2, 0.25) is 0 Å². The molecule has 0 atom stereocenters.